The van der Waals surface area contributed by atoms with E-state index in [4.69, 9.17) is 0 Å². The first-order valence-electron chi connectivity index (χ1n) is 9.66. The van der Waals surface area contributed by atoms with E-state index in [-0.39, 0.29) is 29.3 Å². The fourth-order valence-corrected chi connectivity index (χ4v) is 5.11. The highest BCUT2D eigenvalue weighted by molar-refractivity contribution is 7.90. The molecular weight excluding hydrogens is 412 g/mol. The van der Waals surface area contributed by atoms with Gasteiger partial charge in [0.25, 0.3) is 0 Å². The number of rotatable bonds is 5. The summed E-state index contributed by atoms with van der Waals surface area (Å²) in [6.45, 7) is 0.231. The smallest absolute Gasteiger partial charge is 0.304 e. The van der Waals surface area contributed by atoms with E-state index in [0.29, 0.717) is 18.2 Å². The Balaban J connectivity index is 1.88. The van der Waals surface area contributed by atoms with Crippen molar-refractivity contribution in [1.82, 2.24) is 4.57 Å². The number of aliphatic carboxylic acids is 1. The Labute approximate surface area is 172 Å². The molecule has 0 saturated carbocycles. The Bertz CT molecular complexity index is 1250. The van der Waals surface area contributed by atoms with Gasteiger partial charge >= 0.3 is 5.97 Å². The lowest BCUT2D eigenvalue weighted by Gasteiger charge is -2.24. The average molecular weight is 433 g/mol. The molecule has 1 unspecified atom stereocenters. The van der Waals surface area contributed by atoms with Crippen LogP contribution in [0, 0.1) is 11.6 Å². The van der Waals surface area contributed by atoms with Crippen LogP contribution in [0.3, 0.4) is 0 Å². The van der Waals surface area contributed by atoms with Gasteiger partial charge in [0.1, 0.15) is 11.6 Å². The third kappa shape index (κ3) is 3.71. The summed E-state index contributed by atoms with van der Waals surface area (Å²) in [6.07, 6.45) is 3.08. The van der Waals surface area contributed by atoms with Gasteiger partial charge in [0.2, 0.25) is 0 Å². The molecule has 1 aliphatic carbocycles. The zero-order valence-corrected chi connectivity index (χ0v) is 17.2. The molecule has 1 aromatic heterocycles. The Morgan fingerprint density at radius 3 is 2.53 bits per heavy atom. The Hall–Kier alpha value is -2.74. The van der Waals surface area contributed by atoms with Crippen LogP contribution in [-0.4, -0.2) is 30.3 Å². The molecule has 1 aliphatic rings. The quantitative estimate of drug-likeness (QED) is 0.652. The molecule has 1 heterocycles. The molecule has 3 aromatic rings. The van der Waals surface area contributed by atoms with Gasteiger partial charge in [0.05, 0.1) is 16.8 Å². The summed E-state index contributed by atoms with van der Waals surface area (Å²) >= 11 is 0. The van der Waals surface area contributed by atoms with Crippen LogP contribution in [0.15, 0.2) is 41.3 Å². The number of sulfone groups is 1. The maximum absolute atomic E-state index is 14.9. The lowest BCUT2D eigenvalue weighted by molar-refractivity contribution is -0.137. The van der Waals surface area contributed by atoms with E-state index in [0.717, 1.165) is 35.6 Å². The van der Waals surface area contributed by atoms with Gasteiger partial charge in [-0.3, -0.25) is 4.79 Å². The highest BCUT2D eigenvalue weighted by Gasteiger charge is 2.30. The van der Waals surface area contributed by atoms with Crippen molar-refractivity contribution >= 4 is 26.7 Å². The van der Waals surface area contributed by atoms with Gasteiger partial charge in [-0.15, -0.1) is 0 Å². The number of aryl methyl sites for hydroxylation is 1. The summed E-state index contributed by atoms with van der Waals surface area (Å²) in [6, 6.07) is 8.45. The maximum atomic E-state index is 14.9. The molecule has 30 heavy (non-hydrogen) atoms. The molecule has 0 radical (unpaired) electrons. The first kappa shape index (κ1) is 20.5. The molecule has 0 spiro atoms. The molecule has 1 N–H and O–H groups in total. The van der Waals surface area contributed by atoms with Crippen molar-refractivity contribution in [3.05, 3.63) is 64.9 Å². The summed E-state index contributed by atoms with van der Waals surface area (Å²) in [7, 11) is -3.34. The predicted molar refractivity (Wildman–Crippen MR) is 108 cm³/mol. The van der Waals surface area contributed by atoms with Gasteiger partial charge in [-0.05, 0) is 48.6 Å². The Morgan fingerprint density at radius 1 is 1.20 bits per heavy atom. The van der Waals surface area contributed by atoms with E-state index < -0.39 is 27.4 Å². The molecule has 4 rings (SSSR count). The normalized spacial score (nSPS) is 16.6. The number of fused-ring (bicyclic) bond motifs is 3. The van der Waals surface area contributed by atoms with Crippen LogP contribution in [-0.2, 0) is 27.6 Å². The molecule has 0 saturated heterocycles. The van der Waals surface area contributed by atoms with E-state index in [1.807, 2.05) is 0 Å². The predicted octanol–water partition coefficient (Wildman–Crippen LogP) is 4.27. The third-order valence-electron chi connectivity index (χ3n) is 5.70. The summed E-state index contributed by atoms with van der Waals surface area (Å²) in [5, 5.41) is 9.83. The molecule has 0 bridgehead atoms. The molecule has 158 valence electrons. The standard InChI is InChI=1S/C22H21F2NO4S/c1-30(28,29)16-7-5-13(6-8-16)12-25-21-14(9-20(26)27)3-2-4-17(21)18-10-15(23)11-19(24)22(18)25/h5-8,10-11,14H,2-4,9,12H2,1H3,(H,26,27). The fourth-order valence-electron chi connectivity index (χ4n) is 4.48. The van der Waals surface area contributed by atoms with Crippen LogP contribution in [0.2, 0.25) is 0 Å². The largest absolute Gasteiger partial charge is 0.481 e. The van der Waals surface area contributed by atoms with E-state index in [1.54, 1.807) is 16.7 Å². The number of benzene rings is 2. The van der Waals surface area contributed by atoms with E-state index >= 15 is 0 Å². The van der Waals surface area contributed by atoms with Crippen LogP contribution in [0.5, 0.6) is 0 Å². The minimum atomic E-state index is -3.34. The molecule has 0 aliphatic heterocycles. The zero-order chi connectivity index (χ0) is 21.6. The lowest BCUT2D eigenvalue weighted by Crippen LogP contribution is -2.17. The topological polar surface area (TPSA) is 76.4 Å². The van der Waals surface area contributed by atoms with Crippen molar-refractivity contribution in [2.24, 2.45) is 0 Å². The number of nitrogens with zero attached hydrogens (tertiary/aromatic N) is 1. The van der Waals surface area contributed by atoms with Gasteiger partial charge in [0.15, 0.2) is 9.84 Å². The van der Waals surface area contributed by atoms with Gasteiger partial charge in [0, 0.05) is 35.9 Å². The number of halogens is 2. The number of hydrogen-bond donors (Lipinski definition) is 1. The second kappa shape index (κ2) is 7.50. The first-order chi connectivity index (χ1) is 14.1. The zero-order valence-electron chi connectivity index (χ0n) is 16.4. The number of hydrogen-bond acceptors (Lipinski definition) is 3. The van der Waals surface area contributed by atoms with Crippen LogP contribution in [0.25, 0.3) is 10.9 Å². The second-order valence-electron chi connectivity index (χ2n) is 7.84. The molecule has 5 nitrogen and oxygen atoms in total. The van der Waals surface area contributed by atoms with E-state index in [9.17, 15) is 27.1 Å². The van der Waals surface area contributed by atoms with E-state index in [2.05, 4.69) is 0 Å². The maximum Gasteiger partial charge on any atom is 0.304 e. The highest BCUT2D eigenvalue weighted by atomic mass is 32.2. The van der Waals surface area contributed by atoms with Crippen molar-refractivity contribution in [2.75, 3.05) is 6.26 Å². The van der Waals surface area contributed by atoms with Crippen LogP contribution in [0.1, 0.15) is 42.0 Å². The summed E-state index contributed by atoms with van der Waals surface area (Å²) < 4.78 is 54.0. The van der Waals surface area contributed by atoms with Crippen molar-refractivity contribution in [3.8, 4) is 0 Å². The summed E-state index contributed by atoms with van der Waals surface area (Å²) in [5.41, 5.74) is 2.53. The van der Waals surface area contributed by atoms with Crippen molar-refractivity contribution in [2.45, 2.75) is 43.0 Å². The number of carboxylic acid groups (broad SMARTS) is 1. The number of carboxylic acids is 1. The van der Waals surface area contributed by atoms with Crippen molar-refractivity contribution in [3.63, 3.8) is 0 Å². The van der Waals surface area contributed by atoms with Gasteiger partial charge in [-0.2, -0.15) is 0 Å². The molecular formula is C22H21F2NO4S. The van der Waals surface area contributed by atoms with Crippen LogP contribution in [0.4, 0.5) is 8.78 Å². The first-order valence-corrected chi connectivity index (χ1v) is 11.5. The summed E-state index contributed by atoms with van der Waals surface area (Å²) in [4.78, 5) is 11.6. The van der Waals surface area contributed by atoms with E-state index in [1.165, 1.54) is 18.2 Å². The van der Waals surface area contributed by atoms with Crippen LogP contribution < -0.4 is 0 Å². The fraction of sp³-hybridized carbons (Fsp3) is 0.318. The summed E-state index contributed by atoms with van der Waals surface area (Å²) in [5.74, 6) is -2.59. The van der Waals surface area contributed by atoms with Gasteiger partial charge in [-0.1, -0.05) is 12.1 Å². The number of aromatic nitrogens is 1. The molecule has 0 fully saturated rings. The monoisotopic (exact) mass is 433 g/mol. The van der Waals surface area contributed by atoms with Crippen molar-refractivity contribution in [1.29, 1.82) is 0 Å². The SMILES string of the molecule is CS(=O)(=O)c1ccc(Cn2c3c(c4cc(F)cc(F)c42)CCCC3CC(=O)O)cc1. The molecule has 2 aromatic carbocycles. The minimum absolute atomic E-state index is 0.0829. The molecule has 0 amide bonds. The molecule has 1 atom stereocenters. The third-order valence-corrected chi connectivity index (χ3v) is 6.83. The van der Waals surface area contributed by atoms with Crippen molar-refractivity contribution < 1.29 is 27.1 Å². The van der Waals surface area contributed by atoms with Crippen LogP contribution >= 0.6 is 0 Å². The minimum Gasteiger partial charge on any atom is -0.481 e. The molecule has 8 heteroatoms. The van der Waals surface area contributed by atoms with Gasteiger partial charge < -0.3 is 9.67 Å². The highest BCUT2D eigenvalue weighted by Crippen LogP contribution is 2.41. The Kier molecular flexibility index (Phi) is 5.13. The van der Waals surface area contributed by atoms with Gasteiger partial charge in [-0.25, -0.2) is 17.2 Å². The number of carbonyl (C=O) groups is 1. The lowest BCUT2D eigenvalue weighted by atomic mass is 9.84. The Morgan fingerprint density at radius 2 is 1.90 bits per heavy atom. The average Bonchev–Trinajstić information content (AvgIpc) is 2.96. The second-order valence-corrected chi connectivity index (χ2v) is 9.85.